The lowest BCUT2D eigenvalue weighted by Crippen LogP contribution is -2.35. The van der Waals surface area contributed by atoms with Gasteiger partial charge in [0.1, 0.15) is 5.57 Å². The lowest BCUT2D eigenvalue weighted by atomic mass is 10.1. The first-order valence-corrected chi connectivity index (χ1v) is 9.86. The van der Waals surface area contributed by atoms with Gasteiger partial charge in [0.25, 0.3) is 11.8 Å². The molecule has 0 spiro atoms. The van der Waals surface area contributed by atoms with Gasteiger partial charge in [-0.2, -0.15) is 0 Å². The van der Waals surface area contributed by atoms with Crippen molar-refractivity contribution in [1.29, 1.82) is 0 Å². The SMILES string of the molecule is COc1cc(/C=C2\C(=O)NN(c3ccc(I)cc3)C2=O)cc(Br)c1OC(C)=O. The summed E-state index contributed by atoms with van der Waals surface area (Å²) in [7, 11) is 1.43. The van der Waals surface area contributed by atoms with Crippen LogP contribution in [0.3, 0.4) is 0 Å². The minimum Gasteiger partial charge on any atom is -0.493 e. The molecule has 1 fully saturated rings. The fraction of sp³-hybridized carbons (Fsp3) is 0.105. The summed E-state index contributed by atoms with van der Waals surface area (Å²) in [6, 6.07) is 10.4. The summed E-state index contributed by atoms with van der Waals surface area (Å²) in [5.74, 6) is -0.965. The molecule has 2 aromatic carbocycles. The summed E-state index contributed by atoms with van der Waals surface area (Å²) in [5.41, 5.74) is 3.62. The van der Waals surface area contributed by atoms with Crippen LogP contribution in [-0.2, 0) is 14.4 Å². The third-order valence-electron chi connectivity index (χ3n) is 3.78. The van der Waals surface area contributed by atoms with E-state index in [2.05, 4.69) is 43.9 Å². The topological polar surface area (TPSA) is 84.9 Å². The molecule has 0 bridgehead atoms. The highest BCUT2D eigenvalue weighted by molar-refractivity contribution is 14.1. The highest BCUT2D eigenvalue weighted by atomic mass is 127. The zero-order chi connectivity index (χ0) is 20.4. The zero-order valence-corrected chi connectivity index (χ0v) is 18.5. The highest BCUT2D eigenvalue weighted by Crippen LogP contribution is 2.37. The molecular weight excluding hydrogens is 543 g/mol. The summed E-state index contributed by atoms with van der Waals surface area (Å²) in [6.07, 6.45) is 1.45. The summed E-state index contributed by atoms with van der Waals surface area (Å²) in [6.45, 7) is 1.28. The average Bonchev–Trinajstić information content (AvgIpc) is 2.92. The number of nitrogens with zero attached hydrogens (tertiary/aromatic N) is 1. The van der Waals surface area contributed by atoms with Crippen molar-refractivity contribution in [3.05, 3.63) is 55.6 Å². The second-order valence-corrected chi connectivity index (χ2v) is 7.84. The Balaban J connectivity index is 1.95. The number of hydrazine groups is 1. The first-order valence-electron chi connectivity index (χ1n) is 7.99. The molecule has 28 heavy (non-hydrogen) atoms. The van der Waals surface area contributed by atoms with E-state index in [9.17, 15) is 14.4 Å². The minimum atomic E-state index is -0.511. The molecule has 1 aliphatic heterocycles. The van der Waals surface area contributed by atoms with E-state index in [1.807, 2.05) is 12.1 Å². The molecule has 2 amide bonds. The number of rotatable bonds is 4. The second-order valence-electron chi connectivity index (χ2n) is 5.74. The molecule has 1 heterocycles. The summed E-state index contributed by atoms with van der Waals surface area (Å²) in [4.78, 5) is 36.3. The Kier molecular flexibility index (Phi) is 6.04. The summed E-state index contributed by atoms with van der Waals surface area (Å²) >= 11 is 5.48. The molecule has 1 aliphatic rings. The Morgan fingerprint density at radius 3 is 2.50 bits per heavy atom. The van der Waals surface area contributed by atoms with E-state index in [1.54, 1.807) is 24.3 Å². The first kappa shape index (κ1) is 20.3. The molecular formula is C19H14BrIN2O5. The van der Waals surface area contributed by atoms with Crippen molar-refractivity contribution < 1.29 is 23.9 Å². The predicted molar refractivity (Wildman–Crippen MR) is 115 cm³/mol. The molecule has 144 valence electrons. The van der Waals surface area contributed by atoms with Crippen molar-refractivity contribution in [2.45, 2.75) is 6.92 Å². The molecule has 2 aromatic rings. The number of esters is 1. The Hall–Kier alpha value is -2.40. The van der Waals surface area contributed by atoms with Crippen LogP contribution in [-0.4, -0.2) is 24.9 Å². The van der Waals surface area contributed by atoms with E-state index in [0.29, 0.717) is 15.7 Å². The fourth-order valence-corrected chi connectivity index (χ4v) is 3.46. The van der Waals surface area contributed by atoms with Crippen molar-refractivity contribution in [1.82, 2.24) is 5.43 Å². The Labute approximate surface area is 182 Å². The van der Waals surface area contributed by atoms with Gasteiger partial charge in [-0.25, -0.2) is 5.01 Å². The molecule has 1 saturated heterocycles. The number of nitrogens with one attached hydrogen (secondary N) is 1. The highest BCUT2D eigenvalue weighted by Gasteiger charge is 2.34. The van der Waals surface area contributed by atoms with E-state index >= 15 is 0 Å². The van der Waals surface area contributed by atoms with Crippen LogP contribution in [0.1, 0.15) is 12.5 Å². The van der Waals surface area contributed by atoms with Crippen LogP contribution in [0.5, 0.6) is 11.5 Å². The number of halogens is 2. The number of benzene rings is 2. The van der Waals surface area contributed by atoms with E-state index < -0.39 is 17.8 Å². The van der Waals surface area contributed by atoms with Gasteiger partial charge in [-0.05, 0) is 86.6 Å². The van der Waals surface area contributed by atoms with Crippen LogP contribution < -0.4 is 19.9 Å². The maximum atomic E-state index is 12.7. The summed E-state index contributed by atoms with van der Waals surface area (Å²) in [5, 5.41) is 1.20. The third kappa shape index (κ3) is 4.20. The van der Waals surface area contributed by atoms with Crippen molar-refractivity contribution in [2.75, 3.05) is 12.1 Å². The van der Waals surface area contributed by atoms with Crippen molar-refractivity contribution in [2.24, 2.45) is 0 Å². The molecule has 0 aliphatic carbocycles. The van der Waals surface area contributed by atoms with Crippen LogP contribution in [0.4, 0.5) is 5.69 Å². The lowest BCUT2D eigenvalue weighted by molar-refractivity contribution is -0.132. The first-order chi connectivity index (χ1) is 13.3. The molecule has 0 aromatic heterocycles. The van der Waals surface area contributed by atoms with E-state index in [-0.39, 0.29) is 17.1 Å². The van der Waals surface area contributed by atoms with Gasteiger partial charge in [-0.1, -0.05) is 0 Å². The molecule has 0 atom stereocenters. The molecule has 0 radical (unpaired) electrons. The molecule has 0 saturated carbocycles. The fourth-order valence-electron chi connectivity index (χ4n) is 2.56. The number of anilines is 1. The minimum absolute atomic E-state index is 0.0206. The number of hydrogen-bond acceptors (Lipinski definition) is 5. The number of ether oxygens (including phenoxy) is 2. The standard InChI is InChI=1S/C19H14BrIN2O5/c1-10(24)28-17-15(20)8-11(9-16(17)27-2)7-14-18(25)22-23(19(14)26)13-5-3-12(21)4-6-13/h3-9H,1-2H3,(H,22,25)/b14-7+. The van der Waals surface area contributed by atoms with Gasteiger partial charge in [-0.15, -0.1) is 0 Å². The number of amides is 2. The largest absolute Gasteiger partial charge is 0.493 e. The molecule has 7 nitrogen and oxygen atoms in total. The molecule has 3 rings (SSSR count). The molecule has 9 heteroatoms. The van der Waals surface area contributed by atoms with E-state index in [4.69, 9.17) is 9.47 Å². The smallest absolute Gasteiger partial charge is 0.308 e. The summed E-state index contributed by atoms with van der Waals surface area (Å²) < 4.78 is 11.9. The van der Waals surface area contributed by atoms with Crippen LogP contribution in [0.15, 0.2) is 46.4 Å². The van der Waals surface area contributed by atoms with Gasteiger partial charge in [-0.3, -0.25) is 19.8 Å². The Morgan fingerprint density at radius 1 is 1.21 bits per heavy atom. The van der Waals surface area contributed by atoms with Crippen LogP contribution in [0.2, 0.25) is 0 Å². The van der Waals surface area contributed by atoms with Crippen LogP contribution in [0.25, 0.3) is 6.08 Å². The van der Waals surface area contributed by atoms with E-state index in [0.717, 1.165) is 3.57 Å². The second kappa shape index (κ2) is 8.31. The third-order valence-corrected chi connectivity index (χ3v) is 5.09. The predicted octanol–water partition coefficient (Wildman–Crippen LogP) is 3.45. The number of hydrogen-bond donors (Lipinski definition) is 1. The maximum Gasteiger partial charge on any atom is 0.308 e. The van der Waals surface area contributed by atoms with Gasteiger partial charge in [0.15, 0.2) is 11.5 Å². The quantitative estimate of drug-likeness (QED) is 0.205. The average molecular weight is 557 g/mol. The monoisotopic (exact) mass is 556 g/mol. The van der Waals surface area contributed by atoms with E-state index in [1.165, 1.54) is 25.1 Å². The molecule has 0 unspecified atom stereocenters. The number of carbonyl (C=O) groups excluding carboxylic acids is 3. The van der Waals surface area contributed by atoms with Crippen LogP contribution in [0, 0.1) is 3.57 Å². The number of methoxy groups -OCH3 is 1. The van der Waals surface area contributed by atoms with Gasteiger partial charge >= 0.3 is 5.97 Å². The Morgan fingerprint density at radius 2 is 1.89 bits per heavy atom. The van der Waals surface area contributed by atoms with Crippen molar-refractivity contribution in [3.63, 3.8) is 0 Å². The van der Waals surface area contributed by atoms with Crippen LogP contribution >= 0.6 is 38.5 Å². The van der Waals surface area contributed by atoms with Crippen molar-refractivity contribution >= 4 is 68.1 Å². The van der Waals surface area contributed by atoms with Crippen molar-refractivity contribution in [3.8, 4) is 11.5 Å². The Bertz CT molecular complexity index is 1000. The van der Waals surface area contributed by atoms with Gasteiger partial charge in [0, 0.05) is 10.5 Å². The number of carbonyl (C=O) groups is 3. The maximum absolute atomic E-state index is 12.7. The zero-order valence-electron chi connectivity index (χ0n) is 14.8. The normalized spacial score (nSPS) is 15.0. The van der Waals surface area contributed by atoms with Gasteiger partial charge in [0.2, 0.25) is 0 Å². The lowest BCUT2D eigenvalue weighted by Gasteiger charge is -2.14. The molecule has 1 N–H and O–H groups in total. The van der Waals surface area contributed by atoms with Gasteiger partial charge < -0.3 is 9.47 Å². The van der Waals surface area contributed by atoms with Gasteiger partial charge in [0.05, 0.1) is 17.3 Å².